The van der Waals surface area contributed by atoms with Crippen LogP contribution in [0, 0.1) is 0 Å². The number of furan rings is 1. The number of nitrogens with one attached hydrogen (secondary N) is 1. The molecule has 20 heavy (non-hydrogen) atoms. The van der Waals surface area contributed by atoms with Crippen LogP contribution in [0.4, 0.5) is 5.82 Å². The molecule has 3 aromatic rings. The number of fused-ring (bicyclic) bond motifs is 3. The predicted octanol–water partition coefficient (Wildman–Crippen LogP) is 4.15. The molecule has 0 atom stereocenters. The van der Waals surface area contributed by atoms with Crippen molar-refractivity contribution in [2.45, 2.75) is 33.1 Å². The van der Waals surface area contributed by atoms with E-state index in [-0.39, 0.29) is 0 Å². The maximum absolute atomic E-state index is 5.93. The summed E-state index contributed by atoms with van der Waals surface area (Å²) in [7, 11) is 0. The lowest BCUT2D eigenvalue weighted by Gasteiger charge is -2.06. The number of rotatable bonds is 5. The van der Waals surface area contributed by atoms with E-state index in [0.29, 0.717) is 0 Å². The van der Waals surface area contributed by atoms with Crippen LogP contribution in [-0.2, 0) is 6.42 Å². The van der Waals surface area contributed by atoms with Crippen LogP contribution in [-0.4, -0.2) is 16.5 Å². The lowest BCUT2D eigenvalue weighted by Crippen LogP contribution is -2.05. The Labute approximate surface area is 118 Å². The molecule has 2 heterocycles. The monoisotopic (exact) mass is 269 g/mol. The van der Waals surface area contributed by atoms with Crippen LogP contribution in [0.25, 0.3) is 22.1 Å². The molecule has 0 saturated carbocycles. The van der Waals surface area contributed by atoms with Gasteiger partial charge in [0.05, 0.1) is 0 Å². The van der Waals surface area contributed by atoms with E-state index in [4.69, 9.17) is 4.42 Å². The van der Waals surface area contributed by atoms with Crippen LogP contribution < -0.4 is 5.32 Å². The summed E-state index contributed by atoms with van der Waals surface area (Å²) >= 11 is 0. The third-order valence-corrected chi connectivity index (χ3v) is 3.41. The molecule has 0 aliphatic rings. The lowest BCUT2D eigenvalue weighted by atomic mass is 10.2. The van der Waals surface area contributed by atoms with E-state index in [2.05, 4.69) is 29.1 Å². The Morgan fingerprint density at radius 1 is 1.15 bits per heavy atom. The summed E-state index contributed by atoms with van der Waals surface area (Å²) in [5.41, 5.74) is 2.54. The summed E-state index contributed by atoms with van der Waals surface area (Å²) in [6.45, 7) is 5.15. The third kappa shape index (κ3) is 2.22. The van der Waals surface area contributed by atoms with Crippen molar-refractivity contribution >= 4 is 27.9 Å². The van der Waals surface area contributed by atoms with Gasteiger partial charge in [-0.25, -0.2) is 9.97 Å². The minimum absolute atomic E-state index is 0.763. The fourth-order valence-electron chi connectivity index (χ4n) is 2.30. The molecule has 0 amide bonds. The van der Waals surface area contributed by atoms with Crippen molar-refractivity contribution in [2.75, 3.05) is 11.9 Å². The van der Waals surface area contributed by atoms with Gasteiger partial charge in [0.25, 0.3) is 0 Å². The van der Waals surface area contributed by atoms with Gasteiger partial charge in [-0.1, -0.05) is 32.4 Å². The molecular weight excluding hydrogens is 250 g/mol. The summed E-state index contributed by atoms with van der Waals surface area (Å²) in [6, 6.07) is 8.00. The molecule has 0 aliphatic heterocycles. The van der Waals surface area contributed by atoms with Gasteiger partial charge in [-0.05, 0) is 18.6 Å². The molecule has 1 N–H and O–H groups in total. The first-order chi connectivity index (χ1) is 9.83. The van der Waals surface area contributed by atoms with Gasteiger partial charge in [-0.15, -0.1) is 0 Å². The van der Waals surface area contributed by atoms with Gasteiger partial charge in [-0.3, -0.25) is 0 Å². The highest BCUT2D eigenvalue weighted by Gasteiger charge is 2.14. The van der Waals surface area contributed by atoms with Crippen molar-refractivity contribution in [3.8, 4) is 0 Å². The first kappa shape index (κ1) is 12.9. The van der Waals surface area contributed by atoms with Crippen molar-refractivity contribution in [1.29, 1.82) is 0 Å². The Morgan fingerprint density at radius 3 is 2.80 bits per heavy atom. The van der Waals surface area contributed by atoms with E-state index >= 15 is 0 Å². The van der Waals surface area contributed by atoms with Crippen molar-refractivity contribution < 1.29 is 4.42 Å². The Morgan fingerprint density at radius 2 is 2.00 bits per heavy atom. The number of anilines is 1. The average molecular weight is 269 g/mol. The standard InChI is InChI=1S/C16H19N3O/c1-3-5-10-17-16-15-14(18-13(4-2)19-16)11-8-6-7-9-12(11)20-15/h6-9H,3-5,10H2,1-2H3,(H,17,18,19). The van der Waals surface area contributed by atoms with Crippen LogP contribution in [0.5, 0.6) is 0 Å². The number of aryl methyl sites for hydroxylation is 1. The molecule has 1 aromatic carbocycles. The molecule has 0 bridgehead atoms. The SMILES string of the molecule is CCCCNc1nc(CC)nc2c1oc1ccccc12. The summed E-state index contributed by atoms with van der Waals surface area (Å²) in [5.74, 6) is 1.67. The Kier molecular flexibility index (Phi) is 3.54. The van der Waals surface area contributed by atoms with Crippen molar-refractivity contribution in [3.63, 3.8) is 0 Å². The fourth-order valence-corrected chi connectivity index (χ4v) is 2.30. The Hall–Kier alpha value is -2.10. The van der Waals surface area contributed by atoms with Crippen molar-refractivity contribution in [3.05, 3.63) is 30.1 Å². The highest BCUT2D eigenvalue weighted by atomic mass is 16.3. The first-order valence-electron chi connectivity index (χ1n) is 7.25. The molecule has 104 valence electrons. The summed E-state index contributed by atoms with van der Waals surface area (Å²) in [6.07, 6.45) is 3.09. The Balaban J connectivity index is 2.16. The minimum atomic E-state index is 0.763. The molecule has 0 aliphatic carbocycles. The van der Waals surface area contributed by atoms with Crippen LogP contribution >= 0.6 is 0 Å². The molecule has 0 unspecified atom stereocenters. The zero-order chi connectivity index (χ0) is 13.9. The van der Waals surface area contributed by atoms with Crippen molar-refractivity contribution in [2.24, 2.45) is 0 Å². The van der Waals surface area contributed by atoms with Gasteiger partial charge in [-0.2, -0.15) is 0 Å². The average Bonchev–Trinajstić information content (AvgIpc) is 2.86. The van der Waals surface area contributed by atoms with Gasteiger partial charge >= 0.3 is 0 Å². The lowest BCUT2D eigenvalue weighted by molar-refractivity contribution is 0.665. The van der Waals surface area contributed by atoms with E-state index in [9.17, 15) is 0 Å². The number of aromatic nitrogens is 2. The molecule has 0 saturated heterocycles. The third-order valence-electron chi connectivity index (χ3n) is 3.41. The molecular formula is C16H19N3O. The van der Waals surface area contributed by atoms with Crippen LogP contribution in [0.15, 0.2) is 28.7 Å². The van der Waals surface area contributed by atoms with Gasteiger partial charge < -0.3 is 9.73 Å². The smallest absolute Gasteiger partial charge is 0.196 e. The summed E-state index contributed by atoms with van der Waals surface area (Å²) < 4.78 is 5.93. The molecule has 4 heteroatoms. The van der Waals surface area contributed by atoms with Gasteiger partial charge in [0.1, 0.15) is 16.9 Å². The van der Waals surface area contributed by atoms with E-state index < -0.39 is 0 Å². The van der Waals surface area contributed by atoms with E-state index in [1.54, 1.807) is 0 Å². The largest absolute Gasteiger partial charge is 0.450 e. The van der Waals surface area contributed by atoms with Gasteiger partial charge in [0, 0.05) is 18.4 Å². The molecule has 0 spiro atoms. The normalized spacial score (nSPS) is 11.3. The minimum Gasteiger partial charge on any atom is -0.450 e. The second kappa shape index (κ2) is 5.49. The number of unbranched alkanes of at least 4 members (excludes halogenated alkanes) is 1. The molecule has 0 fully saturated rings. The zero-order valence-corrected chi connectivity index (χ0v) is 11.9. The van der Waals surface area contributed by atoms with E-state index in [1.807, 2.05) is 24.3 Å². The maximum atomic E-state index is 5.93. The quantitative estimate of drug-likeness (QED) is 0.707. The van der Waals surface area contributed by atoms with Crippen LogP contribution in [0.2, 0.25) is 0 Å². The Bertz CT molecular complexity index is 733. The van der Waals surface area contributed by atoms with Crippen LogP contribution in [0.1, 0.15) is 32.5 Å². The van der Waals surface area contributed by atoms with E-state index in [1.165, 1.54) is 0 Å². The molecule has 0 radical (unpaired) electrons. The molecule has 2 aromatic heterocycles. The van der Waals surface area contributed by atoms with E-state index in [0.717, 1.165) is 59.5 Å². The number of hydrogen-bond donors (Lipinski definition) is 1. The van der Waals surface area contributed by atoms with Crippen LogP contribution in [0.3, 0.4) is 0 Å². The number of benzene rings is 1. The fraction of sp³-hybridized carbons (Fsp3) is 0.375. The molecule has 4 nitrogen and oxygen atoms in total. The number of nitrogens with zero attached hydrogens (tertiary/aromatic N) is 2. The maximum Gasteiger partial charge on any atom is 0.196 e. The summed E-state index contributed by atoms with van der Waals surface area (Å²) in [5, 5.41) is 4.43. The van der Waals surface area contributed by atoms with Gasteiger partial charge in [0.15, 0.2) is 11.4 Å². The first-order valence-corrected chi connectivity index (χ1v) is 7.25. The van der Waals surface area contributed by atoms with Gasteiger partial charge in [0.2, 0.25) is 0 Å². The predicted molar refractivity (Wildman–Crippen MR) is 82.1 cm³/mol. The topological polar surface area (TPSA) is 51.0 Å². The number of hydrogen-bond acceptors (Lipinski definition) is 4. The molecule has 3 rings (SSSR count). The highest BCUT2D eigenvalue weighted by Crippen LogP contribution is 2.31. The van der Waals surface area contributed by atoms with Crippen molar-refractivity contribution in [1.82, 2.24) is 9.97 Å². The number of para-hydroxylation sites is 1. The summed E-state index contributed by atoms with van der Waals surface area (Å²) in [4.78, 5) is 9.20. The highest BCUT2D eigenvalue weighted by molar-refractivity contribution is 6.05. The second-order valence-corrected chi connectivity index (χ2v) is 4.90. The second-order valence-electron chi connectivity index (χ2n) is 4.90. The zero-order valence-electron chi connectivity index (χ0n) is 11.9.